The summed E-state index contributed by atoms with van der Waals surface area (Å²) in [5.41, 5.74) is 0. The highest BCUT2D eigenvalue weighted by Crippen LogP contribution is 2.26. The van der Waals surface area contributed by atoms with Crippen molar-refractivity contribution in [2.45, 2.75) is 58.9 Å². The monoisotopic (exact) mass is 433 g/mol. The minimum Gasteiger partial charge on any atom is -0.357 e. The molecule has 6 nitrogen and oxygen atoms in total. The number of amides is 1. The number of thiophene rings is 1. The Bertz CT molecular complexity index is 690. The standard InChI is InChI=1S/C23H39N5OS/c1-4-24-23(26-18(2)17-21-10-9-19(3)30-21)25-11-12-27-13-15-28(16-14-27)22(29)20-7-5-6-8-20/h9-10,18,20H,4-8,11-17H2,1-3H3,(H2,24,25,26). The number of piperazine rings is 1. The molecule has 30 heavy (non-hydrogen) atoms. The van der Waals surface area contributed by atoms with E-state index in [1.165, 1.54) is 22.6 Å². The van der Waals surface area contributed by atoms with E-state index in [4.69, 9.17) is 4.99 Å². The first-order valence-corrected chi connectivity index (χ1v) is 12.5. The molecule has 0 radical (unpaired) electrons. The quantitative estimate of drug-likeness (QED) is 0.489. The summed E-state index contributed by atoms with van der Waals surface area (Å²) in [6.45, 7) is 12.7. The zero-order valence-corrected chi connectivity index (χ0v) is 19.8. The third-order valence-corrected chi connectivity index (χ3v) is 7.13. The van der Waals surface area contributed by atoms with Crippen LogP contribution in [0.4, 0.5) is 0 Å². The number of rotatable bonds is 8. The van der Waals surface area contributed by atoms with Crippen molar-refractivity contribution >= 4 is 23.2 Å². The zero-order chi connectivity index (χ0) is 21.3. The van der Waals surface area contributed by atoms with Crippen LogP contribution in [-0.2, 0) is 11.2 Å². The summed E-state index contributed by atoms with van der Waals surface area (Å²) in [7, 11) is 0. The van der Waals surface area contributed by atoms with Crippen molar-refractivity contribution in [3.63, 3.8) is 0 Å². The molecule has 0 aromatic carbocycles. The van der Waals surface area contributed by atoms with Crippen LogP contribution in [0, 0.1) is 12.8 Å². The van der Waals surface area contributed by atoms with Crippen LogP contribution in [0.3, 0.4) is 0 Å². The maximum atomic E-state index is 12.6. The van der Waals surface area contributed by atoms with Gasteiger partial charge in [0.25, 0.3) is 0 Å². The van der Waals surface area contributed by atoms with Crippen LogP contribution in [0.15, 0.2) is 17.1 Å². The number of nitrogens with zero attached hydrogens (tertiary/aromatic N) is 3. The van der Waals surface area contributed by atoms with E-state index in [9.17, 15) is 4.79 Å². The molecule has 0 spiro atoms. The molecule has 1 saturated heterocycles. The lowest BCUT2D eigenvalue weighted by Gasteiger charge is -2.35. The normalized spacial score (nSPS) is 19.8. The van der Waals surface area contributed by atoms with Gasteiger partial charge in [0, 0.05) is 67.4 Å². The predicted molar refractivity (Wildman–Crippen MR) is 126 cm³/mol. The lowest BCUT2D eigenvalue weighted by Crippen LogP contribution is -2.50. The number of carbonyl (C=O) groups is 1. The highest BCUT2D eigenvalue weighted by Gasteiger charge is 2.29. The number of hydrogen-bond acceptors (Lipinski definition) is 4. The van der Waals surface area contributed by atoms with Gasteiger partial charge in [0.15, 0.2) is 5.96 Å². The molecule has 3 rings (SSSR count). The van der Waals surface area contributed by atoms with Crippen LogP contribution in [0.2, 0.25) is 0 Å². The Kier molecular flexibility index (Phi) is 9.00. The number of aliphatic imine (C=N–C) groups is 1. The van der Waals surface area contributed by atoms with Crippen molar-refractivity contribution < 1.29 is 4.79 Å². The Morgan fingerprint density at radius 2 is 1.97 bits per heavy atom. The summed E-state index contributed by atoms with van der Waals surface area (Å²) >= 11 is 1.87. The number of hydrogen-bond donors (Lipinski definition) is 2. The van der Waals surface area contributed by atoms with Gasteiger partial charge in [0.05, 0.1) is 6.54 Å². The van der Waals surface area contributed by atoms with Crippen LogP contribution in [0.1, 0.15) is 49.3 Å². The second-order valence-corrected chi connectivity index (χ2v) is 10.0. The smallest absolute Gasteiger partial charge is 0.225 e. The van der Waals surface area contributed by atoms with Crippen LogP contribution in [-0.4, -0.2) is 73.5 Å². The molecule has 2 fully saturated rings. The highest BCUT2D eigenvalue weighted by atomic mass is 32.1. The predicted octanol–water partition coefficient (Wildman–Crippen LogP) is 2.88. The molecule has 1 unspecified atom stereocenters. The molecule has 1 atom stereocenters. The summed E-state index contributed by atoms with van der Waals surface area (Å²) in [5, 5.41) is 6.91. The van der Waals surface area contributed by atoms with E-state index in [1.807, 2.05) is 11.3 Å². The molecule has 0 bridgehead atoms. The van der Waals surface area contributed by atoms with Gasteiger partial charge in [-0.05, 0) is 45.7 Å². The van der Waals surface area contributed by atoms with Crippen molar-refractivity contribution in [2.75, 3.05) is 45.8 Å². The van der Waals surface area contributed by atoms with E-state index >= 15 is 0 Å². The third kappa shape index (κ3) is 6.98. The van der Waals surface area contributed by atoms with Gasteiger partial charge in [-0.1, -0.05) is 12.8 Å². The van der Waals surface area contributed by atoms with E-state index in [0.29, 0.717) is 17.9 Å². The zero-order valence-electron chi connectivity index (χ0n) is 19.0. The van der Waals surface area contributed by atoms with Crippen molar-refractivity contribution in [1.29, 1.82) is 0 Å². The maximum absolute atomic E-state index is 12.6. The lowest BCUT2D eigenvalue weighted by molar-refractivity contribution is -0.137. The summed E-state index contributed by atoms with van der Waals surface area (Å²) in [5.74, 6) is 1.60. The second-order valence-electron chi connectivity index (χ2n) is 8.67. The molecular formula is C23H39N5OS. The van der Waals surface area contributed by atoms with Crippen LogP contribution in [0.25, 0.3) is 0 Å². The molecule has 1 amide bonds. The molecule has 1 saturated carbocycles. The molecule has 2 heterocycles. The fourth-order valence-electron chi connectivity index (χ4n) is 4.43. The highest BCUT2D eigenvalue weighted by molar-refractivity contribution is 7.11. The van der Waals surface area contributed by atoms with Crippen molar-refractivity contribution in [2.24, 2.45) is 10.9 Å². The summed E-state index contributed by atoms with van der Waals surface area (Å²) in [6.07, 6.45) is 5.65. The SMILES string of the molecule is CCNC(=NCCN1CCN(C(=O)C2CCCC2)CC1)NC(C)Cc1ccc(C)s1. The minimum atomic E-state index is 0.301. The van der Waals surface area contributed by atoms with Gasteiger partial charge in [-0.25, -0.2) is 0 Å². The van der Waals surface area contributed by atoms with Gasteiger partial charge >= 0.3 is 0 Å². The molecule has 2 aliphatic rings. The van der Waals surface area contributed by atoms with Gasteiger partial charge in [-0.3, -0.25) is 14.7 Å². The van der Waals surface area contributed by atoms with E-state index in [-0.39, 0.29) is 0 Å². The van der Waals surface area contributed by atoms with Crippen LogP contribution < -0.4 is 10.6 Å². The Balaban J connectivity index is 1.39. The Hall–Kier alpha value is -1.60. The van der Waals surface area contributed by atoms with Gasteiger partial charge < -0.3 is 15.5 Å². The van der Waals surface area contributed by atoms with E-state index in [0.717, 1.165) is 71.0 Å². The first kappa shape index (κ1) is 23.1. The molecule has 168 valence electrons. The maximum Gasteiger partial charge on any atom is 0.225 e. The number of aryl methyl sites for hydroxylation is 1. The summed E-state index contributed by atoms with van der Waals surface area (Å²) in [4.78, 5) is 24.7. The Morgan fingerprint density at radius 1 is 1.23 bits per heavy atom. The largest absolute Gasteiger partial charge is 0.357 e. The van der Waals surface area contributed by atoms with Crippen molar-refractivity contribution in [1.82, 2.24) is 20.4 Å². The second kappa shape index (κ2) is 11.7. The Morgan fingerprint density at radius 3 is 2.60 bits per heavy atom. The van der Waals surface area contributed by atoms with Crippen molar-refractivity contribution in [3.05, 3.63) is 21.9 Å². The molecule has 2 N–H and O–H groups in total. The Labute approximate surface area is 186 Å². The van der Waals surface area contributed by atoms with Crippen LogP contribution >= 0.6 is 11.3 Å². The van der Waals surface area contributed by atoms with E-state index < -0.39 is 0 Å². The summed E-state index contributed by atoms with van der Waals surface area (Å²) in [6, 6.07) is 4.75. The van der Waals surface area contributed by atoms with E-state index in [1.54, 1.807) is 0 Å². The molecule has 1 aliphatic carbocycles. The molecule has 7 heteroatoms. The number of carbonyl (C=O) groups excluding carboxylic acids is 1. The topological polar surface area (TPSA) is 60.0 Å². The molecule has 1 aromatic rings. The number of guanidine groups is 1. The van der Waals surface area contributed by atoms with Gasteiger partial charge in [-0.2, -0.15) is 0 Å². The molecular weight excluding hydrogens is 394 g/mol. The fourth-order valence-corrected chi connectivity index (χ4v) is 5.45. The third-order valence-electron chi connectivity index (χ3n) is 6.11. The number of nitrogens with one attached hydrogen (secondary N) is 2. The first-order valence-electron chi connectivity index (χ1n) is 11.7. The van der Waals surface area contributed by atoms with Gasteiger partial charge in [0.2, 0.25) is 5.91 Å². The fraction of sp³-hybridized carbons (Fsp3) is 0.739. The average Bonchev–Trinajstić information content (AvgIpc) is 3.40. The molecule has 1 aromatic heterocycles. The lowest BCUT2D eigenvalue weighted by atomic mass is 10.1. The first-order chi connectivity index (χ1) is 14.5. The van der Waals surface area contributed by atoms with Gasteiger partial charge in [-0.15, -0.1) is 11.3 Å². The average molecular weight is 434 g/mol. The summed E-state index contributed by atoms with van der Waals surface area (Å²) < 4.78 is 0. The van der Waals surface area contributed by atoms with Gasteiger partial charge in [0.1, 0.15) is 0 Å². The molecule has 1 aliphatic heterocycles. The van der Waals surface area contributed by atoms with Crippen molar-refractivity contribution in [3.8, 4) is 0 Å². The van der Waals surface area contributed by atoms with Crippen LogP contribution in [0.5, 0.6) is 0 Å². The van der Waals surface area contributed by atoms with E-state index in [2.05, 4.69) is 53.3 Å². The minimum absolute atomic E-state index is 0.301.